The lowest BCUT2D eigenvalue weighted by Crippen LogP contribution is -2.44. The number of aliphatic carboxylic acids is 1. The molecule has 0 saturated carbocycles. The summed E-state index contributed by atoms with van der Waals surface area (Å²) in [6.45, 7) is 1.01. The summed E-state index contributed by atoms with van der Waals surface area (Å²) in [5.41, 5.74) is 5.98. The molecular weight excluding hydrogens is 455 g/mol. The predicted molar refractivity (Wildman–Crippen MR) is 103 cm³/mol. The number of hydrogen-bond donors (Lipinski definition) is 5. The second kappa shape index (κ2) is 8.54. The van der Waals surface area contributed by atoms with Gasteiger partial charge in [0.05, 0.1) is 18.2 Å². The van der Waals surface area contributed by atoms with E-state index in [0.29, 0.717) is 22.3 Å². The van der Waals surface area contributed by atoms with Crippen LogP contribution in [-0.4, -0.2) is 86.5 Å². The van der Waals surface area contributed by atoms with E-state index in [1.165, 1.54) is 13.3 Å². The summed E-state index contributed by atoms with van der Waals surface area (Å²) in [6.07, 6.45) is -3.58. The second-order valence-corrected chi connectivity index (χ2v) is 7.37. The van der Waals surface area contributed by atoms with E-state index in [9.17, 15) is 28.5 Å². The highest BCUT2D eigenvalue weighted by molar-refractivity contribution is 5.99. The van der Waals surface area contributed by atoms with Gasteiger partial charge >= 0.3 is 12.1 Å². The number of alkyl halides is 3. The van der Waals surface area contributed by atoms with Crippen LogP contribution >= 0.6 is 0 Å². The molecule has 4 atom stereocenters. The Hall–Kier alpha value is -3.34. The van der Waals surface area contributed by atoms with Crippen LogP contribution in [0.2, 0.25) is 0 Å². The zero-order valence-corrected chi connectivity index (χ0v) is 17.2. The number of ether oxygens (including phenoxy) is 1. The van der Waals surface area contributed by atoms with Gasteiger partial charge in [-0.1, -0.05) is 5.21 Å². The minimum atomic E-state index is -5.08. The number of aliphatic hydroxyl groups is 3. The van der Waals surface area contributed by atoms with Crippen LogP contribution in [0.15, 0.2) is 18.7 Å². The van der Waals surface area contributed by atoms with Gasteiger partial charge in [0, 0.05) is 18.8 Å². The fraction of sp³-hybridized carbons (Fsp3) is 0.471. The van der Waals surface area contributed by atoms with E-state index in [4.69, 9.17) is 20.4 Å². The number of carboxylic acids is 1. The lowest BCUT2D eigenvalue weighted by atomic mass is 9.96. The maximum absolute atomic E-state index is 10.8. The average Bonchev–Trinajstić information content (AvgIpc) is 3.37. The third-order valence-electron chi connectivity index (χ3n) is 4.95. The van der Waals surface area contributed by atoms with Crippen LogP contribution in [0.4, 0.5) is 19.0 Å². The Morgan fingerprint density at radius 1 is 1.33 bits per heavy atom. The highest BCUT2D eigenvalue weighted by atomic mass is 19.4. The number of carbonyl (C=O) groups is 1. The van der Waals surface area contributed by atoms with Gasteiger partial charge in [-0.2, -0.15) is 13.2 Å². The van der Waals surface area contributed by atoms with E-state index in [2.05, 4.69) is 20.3 Å². The standard InChI is InChI=1S/C15H19N7O4.C2HF3O2/c1-15(25)11(24)9(5-23)26-14(15)22-3-7(8-4-21(2)20-19-8)10-12(16)17-6-18-13(10)22;3-2(4,5)1(6)7/h3-4,6,9,11,14,23-25H,5H2,1-2H3,(H2,16,17,18);(H,6,7)/t9-,11-,14-,15-;/m1./s1. The van der Waals surface area contributed by atoms with Crippen molar-refractivity contribution >= 4 is 22.8 Å². The third-order valence-corrected chi connectivity index (χ3v) is 4.95. The Balaban J connectivity index is 0.000000383. The van der Waals surface area contributed by atoms with Gasteiger partial charge in [0.2, 0.25) is 0 Å². The molecule has 0 aliphatic carbocycles. The van der Waals surface area contributed by atoms with Gasteiger partial charge in [0.15, 0.2) is 6.23 Å². The number of aromatic nitrogens is 6. The number of nitrogens with two attached hydrogens (primary N) is 1. The zero-order valence-electron chi connectivity index (χ0n) is 17.2. The second-order valence-electron chi connectivity index (χ2n) is 7.37. The van der Waals surface area contributed by atoms with Crippen LogP contribution in [0.1, 0.15) is 13.2 Å². The number of halogens is 3. The van der Waals surface area contributed by atoms with Gasteiger partial charge in [-0.15, -0.1) is 5.10 Å². The molecule has 1 aliphatic rings. The minimum absolute atomic E-state index is 0.242. The lowest BCUT2D eigenvalue weighted by molar-refractivity contribution is -0.192. The first-order chi connectivity index (χ1) is 15.3. The molecule has 0 radical (unpaired) electrons. The van der Waals surface area contributed by atoms with Crippen molar-refractivity contribution in [3.8, 4) is 11.3 Å². The van der Waals surface area contributed by atoms with Crippen molar-refractivity contribution in [2.45, 2.75) is 37.1 Å². The molecule has 13 nitrogen and oxygen atoms in total. The Morgan fingerprint density at radius 3 is 2.45 bits per heavy atom. The van der Waals surface area contributed by atoms with Crippen molar-refractivity contribution in [1.82, 2.24) is 29.5 Å². The van der Waals surface area contributed by atoms with E-state index in [1.54, 1.807) is 28.7 Å². The summed E-state index contributed by atoms with van der Waals surface area (Å²) >= 11 is 0. The first-order valence-electron chi connectivity index (χ1n) is 9.23. The van der Waals surface area contributed by atoms with Crippen molar-refractivity contribution in [3.63, 3.8) is 0 Å². The molecule has 180 valence electrons. The van der Waals surface area contributed by atoms with E-state index in [-0.39, 0.29) is 5.82 Å². The van der Waals surface area contributed by atoms with Crippen molar-refractivity contribution in [2.24, 2.45) is 7.05 Å². The highest BCUT2D eigenvalue weighted by Crippen LogP contribution is 2.42. The largest absolute Gasteiger partial charge is 0.490 e. The molecule has 0 spiro atoms. The number of fused-ring (bicyclic) bond motifs is 1. The maximum atomic E-state index is 10.8. The fourth-order valence-corrected chi connectivity index (χ4v) is 3.34. The smallest absolute Gasteiger partial charge is 0.475 e. The Morgan fingerprint density at radius 2 is 1.97 bits per heavy atom. The molecule has 16 heteroatoms. The first kappa shape index (κ1) is 24.3. The van der Waals surface area contributed by atoms with E-state index in [0.717, 1.165) is 0 Å². The normalized spacial score (nSPS) is 25.2. The SMILES string of the molecule is Cn1cc(-c2cn([C@@H]3O[C@H](CO)[C@@H](O)[C@@]3(C)O)c3ncnc(N)c23)nn1.O=C(O)C(F)(F)F. The van der Waals surface area contributed by atoms with Crippen LogP contribution in [0.5, 0.6) is 0 Å². The number of hydrogen-bond acceptors (Lipinski definition) is 10. The molecule has 4 rings (SSSR count). The molecule has 0 unspecified atom stereocenters. The Bertz CT molecular complexity index is 1160. The predicted octanol–water partition coefficient (Wildman–Crippen LogP) is -0.556. The zero-order chi connectivity index (χ0) is 24.7. The summed E-state index contributed by atoms with van der Waals surface area (Å²) in [5, 5.41) is 46.1. The molecule has 33 heavy (non-hydrogen) atoms. The molecular formula is C17H20F3N7O6. The monoisotopic (exact) mass is 475 g/mol. The van der Waals surface area contributed by atoms with E-state index >= 15 is 0 Å². The van der Waals surface area contributed by atoms with Gasteiger partial charge in [-0.25, -0.2) is 14.8 Å². The average molecular weight is 475 g/mol. The molecule has 3 aromatic rings. The summed E-state index contributed by atoms with van der Waals surface area (Å²) < 4.78 is 40.5. The summed E-state index contributed by atoms with van der Waals surface area (Å²) in [6, 6.07) is 0. The van der Waals surface area contributed by atoms with Crippen LogP contribution in [0.3, 0.4) is 0 Å². The van der Waals surface area contributed by atoms with Crippen molar-refractivity contribution < 1.29 is 43.1 Å². The number of rotatable bonds is 3. The maximum Gasteiger partial charge on any atom is 0.490 e. The van der Waals surface area contributed by atoms with Crippen LogP contribution in [0, 0.1) is 0 Å². The molecule has 1 saturated heterocycles. The lowest BCUT2D eigenvalue weighted by Gasteiger charge is -2.27. The summed E-state index contributed by atoms with van der Waals surface area (Å²) in [7, 11) is 1.74. The summed E-state index contributed by atoms with van der Waals surface area (Å²) in [4.78, 5) is 17.2. The molecule has 1 fully saturated rings. The molecule has 6 N–H and O–H groups in total. The van der Waals surface area contributed by atoms with Crippen LogP contribution in [-0.2, 0) is 16.6 Å². The number of nitrogen functional groups attached to an aromatic ring is 1. The fourth-order valence-electron chi connectivity index (χ4n) is 3.34. The Labute approximate surface area is 182 Å². The number of aryl methyl sites for hydroxylation is 1. The van der Waals surface area contributed by atoms with Gasteiger partial charge in [0.25, 0.3) is 0 Å². The molecule has 0 amide bonds. The molecule has 3 aromatic heterocycles. The van der Waals surface area contributed by atoms with Crippen molar-refractivity contribution in [3.05, 3.63) is 18.7 Å². The summed E-state index contributed by atoms with van der Waals surface area (Å²) in [5.74, 6) is -2.52. The minimum Gasteiger partial charge on any atom is -0.475 e. The quantitative estimate of drug-likeness (QED) is 0.326. The first-order valence-corrected chi connectivity index (χ1v) is 9.23. The molecule has 1 aliphatic heterocycles. The van der Waals surface area contributed by atoms with Gasteiger partial charge in [-0.05, 0) is 6.92 Å². The number of aliphatic hydroxyl groups excluding tert-OH is 2. The van der Waals surface area contributed by atoms with Crippen molar-refractivity contribution in [2.75, 3.05) is 12.3 Å². The van der Waals surface area contributed by atoms with Gasteiger partial charge in [0.1, 0.15) is 41.3 Å². The topological polar surface area (TPSA) is 195 Å². The van der Waals surface area contributed by atoms with Crippen molar-refractivity contribution in [1.29, 1.82) is 0 Å². The Kier molecular flexibility index (Phi) is 6.29. The van der Waals surface area contributed by atoms with Crippen LogP contribution < -0.4 is 5.73 Å². The molecule has 0 aromatic carbocycles. The van der Waals surface area contributed by atoms with Gasteiger partial charge < -0.3 is 35.5 Å². The number of anilines is 1. The number of nitrogens with zero attached hydrogens (tertiary/aromatic N) is 6. The molecule has 4 heterocycles. The number of carboxylic acid groups (broad SMARTS) is 1. The molecule has 0 bridgehead atoms. The van der Waals surface area contributed by atoms with E-state index in [1.807, 2.05) is 0 Å². The third kappa shape index (κ3) is 4.45. The van der Waals surface area contributed by atoms with Crippen LogP contribution in [0.25, 0.3) is 22.3 Å². The highest BCUT2D eigenvalue weighted by Gasteiger charge is 2.53. The van der Waals surface area contributed by atoms with E-state index < -0.39 is 42.8 Å². The van der Waals surface area contributed by atoms with Gasteiger partial charge in [-0.3, -0.25) is 4.68 Å².